The van der Waals surface area contributed by atoms with Crippen molar-refractivity contribution in [3.8, 4) is 0 Å². The zero-order valence-electron chi connectivity index (χ0n) is 23.9. The molecule has 3 heterocycles. The van der Waals surface area contributed by atoms with E-state index in [2.05, 4.69) is 10.2 Å². The number of nitrogens with one attached hydrogen (secondary N) is 1. The molecule has 6 rings (SSSR count). The van der Waals surface area contributed by atoms with Crippen LogP contribution in [0.2, 0.25) is 0 Å². The number of aliphatic hydroxyl groups is 2. The summed E-state index contributed by atoms with van der Waals surface area (Å²) >= 11 is 0. The molecular weight excluding hydrogens is 528 g/mol. The van der Waals surface area contributed by atoms with Crippen molar-refractivity contribution in [2.75, 3.05) is 41.1 Å². The molecule has 0 radical (unpaired) electrons. The van der Waals surface area contributed by atoms with Crippen LogP contribution >= 0.6 is 0 Å². The maximum atomic E-state index is 14.3. The highest BCUT2D eigenvalue weighted by atomic mass is 16.3. The van der Waals surface area contributed by atoms with Gasteiger partial charge in [0.2, 0.25) is 0 Å². The van der Waals surface area contributed by atoms with Crippen LogP contribution in [-0.4, -0.2) is 53.9 Å². The van der Waals surface area contributed by atoms with E-state index in [4.69, 9.17) is 0 Å². The van der Waals surface area contributed by atoms with Crippen molar-refractivity contribution in [2.24, 2.45) is 5.92 Å². The van der Waals surface area contributed by atoms with Crippen molar-refractivity contribution in [3.63, 3.8) is 0 Å². The lowest BCUT2D eigenvalue weighted by molar-refractivity contribution is -0.139. The molecule has 3 aromatic rings. The number of nitrogens with zero attached hydrogens (tertiary/aromatic N) is 3. The normalized spacial score (nSPS) is 22.4. The first-order chi connectivity index (χ1) is 20.4. The summed E-state index contributed by atoms with van der Waals surface area (Å²) in [6, 6.07) is 25.3. The Hall–Kier alpha value is -3.98. The minimum Gasteiger partial charge on any atom is -0.396 e. The van der Waals surface area contributed by atoms with E-state index in [9.17, 15) is 19.8 Å². The van der Waals surface area contributed by atoms with Crippen molar-refractivity contribution < 1.29 is 19.8 Å². The van der Waals surface area contributed by atoms with E-state index in [1.165, 1.54) is 0 Å². The first kappa shape index (κ1) is 28.2. The molecule has 3 aliphatic heterocycles. The number of hydrogen-bond donors (Lipinski definition) is 3. The Bertz CT molecular complexity index is 1470. The largest absolute Gasteiger partial charge is 0.396 e. The second-order valence-corrected chi connectivity index (χ2v) is 11.5. The van der Waals surface area contributed by atoms with Gasteiger partial charge in [-0.25, -0.2) is 0 Å². The molecule has 8 nitrogen and oxygen atoms in total. The van der Waals surface area contributed by atoms with Gasteiger partial charge in [-0.2, -0.15) is 0 Å². The highest BCUT2D eigenvalue weighted by Gasteiger charge is 2.55. The number of fused-ring (bicyclic) bond motifs is 1. The number of anilines is 3. The van der Waals surface area contributed by atoms with Crippen LogP contribution in [0.1, 0.15) is 37.3 Å². The van der Waals surface area contributed by atoms with Gasteiger partial charge in [-0.05, 0) is 68.2 Å². The Morgan fingerprint density at radius 3 is 2.31 bits per heavy atom. The fraction of sp³-hybridized carbons (Fsp3) is 0.353. The van der Waals surface area contributed by atoms with Crippen molar-refractivity contribution >= 4 is 28.9 Å². The minimum absolute atomic E-state index is 0.0112. The van der Waals surface area contributed by atoms with Gasteiger partial charge in [-0.1, -0.05) is 67.6 Å². The number of carbonyl (C=O) groups is 2. The molecule has 3 aliphatic rings. The standard InChI is InChI=1S/C34H38N4O4/c1-25(10-8-9-21-39)34(42)29-22-28(15-16-30(29)36(32(34)41)23-26-11-4-2-5-12-26)37-24-38(27-13-6-3-7-14-27)33(31(37)40)17-19-35-20-18-33/h2-8,10-16,22,25,35,39,42H,9,17-21,23-24H2,1H3/b10-8+/t25-,34+/m1/s1. The Labute approximate surface area is 246 Å². The highest BCUT2D eigenvalue weighted by Crippen LogP contribution is 2.48. The molecule has 2 fully saturated rings. The lowest BCUT2D eigenvalue weighted by atomic mass is 9.82. The molecule has 42 heavy (non-hydrogen) atoms. The highest BCUT2D eigenvalue weighted by molar-refractivity contribution is 6.09. The van der Waals surface area contributed by atoms with E-state index in [0.29, 0.717) is 49.4 Å². The molecule has 0 aliphatic carbocycles. The molecule has 2 atom stereocenters. The molecule has 8 heteroatoms. The predicted molar refractivity (Wildman–Crippen MR) is 164 cm³/mol. The predicted octanol–water partition coefficient (Wildman–Crippen LogP) is 3.93. The molecule has 3 aromatic carbocycles. The summed E-state index contributed by atoms with van der Waals surface area (Å²) in [6.07, 6.45) is 5.41. The number of rotatable bonds is 8. The van der Waals surface area contributed by atoms with Crippen molar-refractivity contribution in [1.29, 1.82) is 0 Å². The zero-order chi connectivity index (χ0) is 29.3. The number of para-hydroxylation sites is 1. The summed E-state index contributed by atoms with van der Waals surface area (Å²) in [5, 5.41) is 24.9. The Morgan fingerprint density at radius 2 is 1.62 bits per heavy atom. The summed E-state index contributed by atoms with van der Waals surface area (Å²) in [4.78, 5) is 34.0. The molecule has 218 valence electrons. The Kier molecular flexibility index (Phi) is 7.62. The van der Waals surface area contributed by atoms with Crippen LogP contribution in [0.4, 0.5) is 17.1 Å². The fourth-order valence-corrected chi connectivity index (χ4v) is 6.71. The quantitative estimate of drug-likeness (QED) is 0.358. The number of piperidine rings is 1. The molecule has 0 aromatic heterocycles. The van der Waals surface area contributed by atoms with Gasteiger partial charge in [0.15, 0.2) is 5.60 Å². The van der Waals surface area contributed by atoms with Gasteiger partial charge < -0.3 is 25.3 Å². The molecular formula is C34H38N4O4. The van der Waals surface area contributed by atoms with Crippen LogP contribution in [-0.2, 0) is 21.7 Å². The van der Waals surface area contributed by atoms with Gasteiger partial charge in [0.1, 0.15) is 5.54 Å². The first-order valence-corrected chi connectivity index (χ1v) is 14.8. The Balaban J connectivity index is 1.42. The van der Waals surface area contributed by atoms with Crippen LogP contribution in [0.3, 0.4) is 0 Å². The summed E-state index contributed by atoms with van der Waals surface area (Å²) in [6.45, 7) is 4.02. The molecule has 1 spiro atoms. The van der Waals surface area contributed by atoms with E-state index < -0.39 is 23.0 Å². The number of carbonyl (C=O) groups excluding carboxylic acids is 2. The maximum absolute atomic E-state index is 14.3. The number of amides is 2. The third kappa shape index (κ3) is 4.60. The van der Waals surface area contributed by atoms with Gasteiger partial charge in [-0.3, -0.25) is 14.5 Å². The van der Waals surface area contributed by atoms with E-state index in [1.807, 2.05) is 85.8 Å². The molecule has 3 N–H and O–H groups in total. The number of benzene rings is 3. The van der Waals surface area contributed by atoms with Crippen molar-refractivity contribution in [1.82, 2.24) is 5.32 Å². The third-order valence-electron chi connectivity index (χ3n) is 9.07. The van der Waals surface area contributed by atoms with E-state index >= 15 is 0 Å². The zero-order valence-corrected chi connectivity index (χ0v) is 23.9. The van der Waals surface area contributed by atoms with Gasteiger partial charge >= 0.3 is 0 Å². The Morgan fingerprint density at radius 1 is 0.929 bits per heavy atom. The lowest BCUT2D eigenvalue weighted by Crippen LogP contribution is -2.55. The summed E-state index contributed by atoms with van der Waals surface area (Å²) in [7, 11) is 0. The summed E-state index contributed by atoms with van der Waals surface area (Å²) < 4.78 is 0. The van der Waals surface area contributed by atoms with E-state index in [0.717, 1.165) is 24.3 Å². The second-order valence-electron chi connectivity index (χ2n) is 11.5. The fourth-order valence-electron chi connectivity index (χ4n) is 6.71. The van der Waals surface area contributed by atoms with Gasteiger partial charge in [0.25, 0.3) is 11.8 Å². The smallest absolute Gasteiger partial charge is 0.264 e. The van der Waals surface area contributed by atoms with Crippen LogP contribution < -0.4 is 20.0 Å². The number of aliphatic hydroxyl groups excluding tert-OH is 1. The van der Waals surface area contributed by atoms with Crippen LogP contribution in [0.15, 0.2) is 91.0 Å². The minimum atomic E-state index is -1.82. The molecule has 0 unspecified atom stereocenters. The molecule has 0 bridgehead atoms. The van der Waals surface area contributed by atoms with Gasteiger partial charge in [0.05, 0.1) is 18.9 Å². The third-order valence-corrected chi connectivity index (χ3v) is 9.07. The monoisotopic (exact) mass is 566 g/mol. The van der Waals surface area contributed by atoms with E-state index in [-0.39, 0.29) is 12.5 Å². The van der Waals surface area contributed by atoms with E-state index in [1.54, 1.807) is 22.0 Å². The second kappa shape index (κ2) is 11.4. The van der Waals surface area contributed by atoms with Crippen molar-refractivity contribution in [3.05, 3.63) is 102 Å². The van der Waals surface area contributed by atoms with Crippen molar-refractivity contribution in [2.45, 2.75) is 43.9 Å². The average molecular weight is 567 g/mol. The molecule has 0 saturated carbocycles. The van der Waals surface area contributed by atoms with Crippen LogP contribution in [0, 0.1) is 5.92 Å². The first-order valence-electron chi connectivity index (χ1n) is 14.8. The van der Waals surface area contributed by atoms with Crippen LogP contribution in [0.25, 0.3) is 0 Å². The topological polar surface area (TPSA) is 96.3 Å². The van der Waals surface area contributed by atoms with Crippen LogP contribution in [0.5, 0.6) is 0 Å². The summed E-state index contributed by atoms with van der Waals surface area (Å²) in [5.74, 6) is -0.914. The lowest BCUT2D eigenvalue weighted by Gasteiger charge is -2.39. The summed E-state index contributed by atoms with van der Waals surface area (Å²) in [5.41, 5.74) is 1.27. The SMILES string of the molecule is C[C@H](/C=C/CCO)[C@@]1(O)C(=O)N(Cc2ccccc2)c2ccc(N3CN(c4ccccc4)C4(CCNCC4)C3=O)cc21. The van der Waals surface area contributed by atoms with Gasteiger partial charge in [-0.15, -0.1) is 0 Å². The van der Waals surface area contributed by atoms with Gasteiger partial charge in [0, 0.05) is 29.5 Å². The molecule has 2 saturated heterocycles. The number of hydrogen-bond acceptors (Lipinski definition) is 6. The maximum Gasteiger partial charge on any atom is 0.264 e. The molecule has 2 amide bonds. The average Bonchev–Trinajstić information content (AvgIpc) is 3.42.